The minimum atomic E-state index is -0.969. The van der Waals surface area contributed by atoms with E-state index in [1.54, 1.807) is 0 Å². The maximum atomic E-state index is 17.4. The molecular weight excluding hydrogens is 731 g/mol. The van der Waals surface area contributed by atoms with Gasteiger partial charge in [-0.15, -0.1) is 11.3 Å². The zero-order chi connectivity index (χ0) is 36.6. The number of nitrogens with two attached hydrogens (primary N) is 1. The third-order valence-corrected chi connectivity index (χ3v) is 13.0. The highest BCUT2D eigenvalue weighted by atomic mass is 35.5. The molecule has 7 heterocycles. The number of likely N-dealkylation sites (tertiary alicyclic amines) is 1. The Labute approximate surface area is 312 Å². The van der Waals surface area contributed by atoms with Crippen molar-refractivity contribution in [3.05, 3.63) is 34.4 Å². The van der Waals surface area contributed by atoms with Gasteiger partial charge in [0.05, 0.1) is 45.3 Å². The number of thiophene rings is 1. The Bertz CT molecular complexity index is 2200. The van der Waals surface area contributed by atoms with Gasteiger partial charge in [0.25, 0.3) is 0 Å². The van der Waals surface area contributed by atoms with Crippen LogP contribution in [0.15, 0.2) is 12.1 Å². The number of carbonyl (C=O) groups excluding carboxylic acids is 1. The fraction of sp³-hybridized carbons (Fsp3) is 0.514. The van der Waals surface area contributed by atoms with Gasteiger partial charge >= 0.3 is 6.01 Å². The summed E-state index contributed by atoms with van der Waals surface area (Å²) in [5.74, 6) is -0.921. The molecule has 0 aliphatic carbocycles. The number of nitrogen functional groups attached to an aromatic ring is 1. The first-order valence-electron chi connectivity index (χ1n) is 18.1. The molecule has 5 aliphatic rings. The Balaban J connectivity index is 1.17. The Hall–Kier alpha value is -4.10. The van der Waals surface area contributed by atoms with Gasteiger partial charge in [0.15, 0.2) is 11.6 Å². The molecule has 4 saturated heterocycles. The van der Waals surface area contributed by atoms with Crippen LogP contribution in [0.4, 0.5) is 24.0 Å². The molecule has 4 fully saturated rings. The van der Waals surface area contributed by atoms with Crippen molar-refractivity contribution in [2.45, 2.75) is 68.8 Å². The average Bonchev–Trinajstić information content (AvgIpc) is 3.97. The molecule has 2 N–H and O–H groups in total. The number of nitrogens with zero attached hydrogens (tertiary/aromatic N) is 6. The van der Waals surface area contributed by atoms with Gasteiger partial charge in [0.2, 0.25) is 5.91 Å². The molecule has 0 bridgehead atoms. The summed E-state index contributed by atoms with van der Waals surface area (Å²) in [6, 6.07) is 4.33. The van der Waals surface area contributed by atoms with E-state index < -0.39 is 23.3 Å². The molecule has 4 atom stereocenters. The third kappa shape index (κ3) is 5.71. The topological polar surface area (TPSA) is 130 Å². The van der Waals surface area contributed by atoms with Gasteiger partial charge in [-0.25, -0.2) is 13.2 Å². The van der Waals surface area contributed by atoms with Gasteiger partial charge in [0, 0.05) is 49.7 Å². The van der Waals surface area contributed by atoms with Crippen molar-refractivity contribution in [3.8, 4) is 29.0 Å². The van der Waals surface area contributed by atoms with Crippen LogP contribution in [0.5, 0.6) is 11.8 Å². The number of fused-ring (bicyclic) bond motifs is 2. The summed E-state index contributed by atoms with van der Waals surface area (Å²) in [7, 11) is 0. The molecule has 0 radical (unpaired) electrons. The molecule has 11 nitrogen and oxygen atoms in total. The lowest BCUT2D eigenvalue weighted by molar-refractivity contribution is -0.132. The Kier molecular flexibility index (Phi) is 8.72. The number of carbonyl (C=O) groups is 1. The first-order chi connectivity index (χ1) is 25.7. The number of aromatic nitrogens is 2. The summed E-state index contributed by atoms with van der Waals surface area (Å²) in [5.41, 5.74) is 5.54. The largest absolute Gasteiger partial charge is 0.489 e. The number of halogens is 4. The van der Waals surface area contributed by atoms with Crippen molar-refractivity contribution in [2.24, 2.45) is 0 Å². The van der Waals surface area contributed by atoms with Crippen LogP contribution in [0, 0.1) is 23.0 Å². The number of hydrogen-bond donors (Lipinski definition) is 1. The Morgan fingerprint density at radius 2 is 2.02 bits per heavy atom. The first kappa shape index (κ1) is 34.7. The summed E-state index contributed by atoms with van der Waals surface area (Å²) >= 11 is 7.98. The Morgan fingerprint density at radius 1 is 1.15 bits per heavy atom. The van der Waals surface area contributed by atoms with Crippen LogP contribution in [0.2, 0.25) is 5.02 Å². The van der Waals surface area contributed by atoms with Crippen molar-refractivity contribution in [3.63, 3.8) is 0 Å². The lowest BCUT2D eigenvalue weighted by atomic mass is 9.95. The number of rotatable bonds is 7. The highest BCUT2D eigenvalue weighted by molar-refractivity contribution is 7.23. The van der Waals surface area contributed by atoms with Gasteiger partial charge in [-0.05, 0) is 50.3 Å². The van der Waals surface area contributed by atoms with E-state index in [-0.39, 0.29) is 90.7 Å². The van der Waals surface area contributed by atoms with Crippen LogP contribution in [0.1, 0.15) is 50.5 Å². The van der Waals surface area contributed by atoms with Crippen LogP contribution >= 0.6 is 22.9 Å². The molecule has 2 aromatic heterocycles. The lowest BCUT2D eigenvalue weighted by Gasteiger charge is -2.32. The van der Waals surface area contributed by atoms with Gasteiger partial charge in [-0.3, -0.25) is 9.69 Å². The number of benzene rings is 2. The van der Waals surface area contributed by atoms with E-state index in [9.17, 15) is 14.4 Å². The van der Waals surface area contributed by atoms with E-state index in [2.05, 4.69) is 9.88 Å². The molecule has 2 aromatic carbocycles. The van der Waals surface area contributed by atoms with E-state index in [1.165, 1.54) is 12.1 Å². The van der Waals surface area contributed by atoms with Crippen molar-refractivity contribution >= 4 is 60.7 Å². The van der Waals surface area contributed by atoms with Crippen LogP contribution in [0.3, 0.4) is 0 Å². The molecule has 5 aliphatic heterocycles. The molecule has 4 aromatic rings. The van der Waals surface area contributed by atoms with Crippen molar-refractivity contribution in [1.82, 2.24) is 19.8 Å². The molecule has 0 spiro atoms. The summed E-state index contributed by atoms with van der Waals surface area (Å²) in [5, 5.41) is 10.4. The highest BCUT2D eigenvalue weighted by Crippen LogP contribution is 2.51. The van der Waals surface area contributed by atoms with E-state index in [0.717, 1.165) is 43.6 Å². The smallest absolute Gasteiger partial charge is 0.319 e. The SMILES string of the molecule is N#Cc1c(N)sc2c(F)ccc(-c3c(Cl)c4c5c(nc(OC[C@@]67CCCN6C[C@H](F)C7)nc5c3F)N(C3CCN(C(=O)C[C@H]5CCCO5)C3)CCO4)c12. The monoisotopic (exact) mass is 767 g/mol. The summed E-state index contributed by atoms with van der Waals surface area (Å²) < 4.78 is 65.5. The minimum Gasteiger partial charge on any atom is -0.489 e. The maximum absolute atomic E-state index is 17.4. The van der Waals surface area contributed by atoms with Crippen LogP contribution in [-0.2, 0) is 9.53 Å². The number of hydrogen-bond acceptors (Lipinski definition) is 11. The molecular formula is C37H37ClF3N7O4S. The summed E-state index contributed by atoms with van der Waals surface area (Å²) in [6.45, 7) is 3.36. The van der Waals surface area contributed by atoms with E-state index in [0.29, 0.717) is 57.9 Å². The Morgan fingerprint density at radius 3 is 2.83 bits per heavy atom. The van der Waals surface area contributed by atoms with E-state index in [4.69, 9.17) is 36.5 Å². The van der Waals surface area contributed by atoms with Crippen molar-refractivity contribution in [1.29, 1.82) is 5.26 Å². The lowest BCUT2D eigenvalue weighted by Crippen LogP contribution is -2.43. The fourth-order valence-electron chi connectivity index (χ4n) is 9.10. The molecule has 53 heavy (non-hydrogen) atoms. The third-order valence-electron chi connectivity index (χ3n) is 11.6. The van der Waals surface area contributed by atoms with E-state index in [1.807, 2.05) is 15.9 Å². The minimum absolute atomic E-state index is 0.0170. The van der Waals surface area contributed by atoms with Crippen molar-refractivity contribution in [2.75, 3.05) is 63.2 Å². The zero-order valence-corrected chi connectivity index (χ0v) is 30.4. The number of anilines is 2. The van der Waals surface area contributed by atoms with Gasteiger partial charge in [-0.2, -0.15) is 15.2 Å². The maximum Gasteiger partial charge on any atom is 0.319 e. The van der Waals surface area contributed by atoms with Gasteiger partial charge in [-0.1, -0.05) is 17.7 Å². The van der Waals surface area contributed by atoms with Crippen LogP contribution < -0.4 is 20.1 Å². The van der Waals surface area contributed by atoms with E-state index >= 15 is 8.78 Å². The molecule has 1 unspecified atom stereocenters. The second-order valence-corrected chi connectivity index (χ2v) is 16.1. The zero-order valence-electron chi connectivity index (χ0n) is 28.8. The predicted octanol–water partition coefficient (Wildman–Crippen LogP) is 6.22. The summed E-state index contributed by atoms with van der Waals surface area (Å²) in [4.78, 5) is 28.8. The molecule has 0 saturated carbocycles. The summed E-state index contributed by atoms with van der Waals surface area (Å²) in [6.07, 6.45) is 3.75. The molecule has 1 amide bonds. The van der Waals surface area contributed by atoms with Gasteiger partial charge in [0.1, 0.15) is 47.6 Å². The number of nitriles is 1. The van der Waals surface area contributed by atoms with Crippen LogP contribution in [0.25, 0.3) is 32.1 Å². The predicted molar refractivity (Wildman–Crippen MR) is 194 cm³/mol. The molecule has 278 valence electrons. The second kappa shape index (κ2) is 13.3. The molecule has 16 heteroatoms. The normalized spacial score (nSPS) is 25.6. The second-order valence-electron chi connectivity index (χ2n) is 14.7. The quantitative estimate of drug-likeness (QED) is 0.231. The number of ether oxygens (including phenoxy) is 3. The van der Waals surface area contributed by atoms with Crippen molar-refractivity contribution < 1.29 is 32.2 Å². The number of alkyl halides is 1. The van der Waals surface area contributed by atoms with Gasteiger partial charge < -0.3 is 29.7 Å². The first-order valence-corrected chi connectivity index (χ1v) is 19.3. The standard InChI is InChI=1S/C37H37ClF3N7O4S/c38-29-27(22-4-5-24(40)33-26(22)23(15-42)34(43)53-33)30(41)31-28-32(29)51-12-10-48(20-6-9-46(17-20)25(49)13-21-3-1-11-50-21)35(28)45-36(44-31)52-18-37-7-2-8-47(37)16-19(39)14-37/h4-5,19-21H,1-3,6-14,16-18,43H2/t19-,20?,21-,37+/m1/s1. The fourth-order valence-corrected chi connectivity index (χ4v) is 10.4. The van der Waals surface area contributed by atoms with Crippen LogP contribution in [-0.4, -0.2) is 102 Å². The number of amides is 1. The molecule has 9 rings (SSSR count). The highest BCUT2D eigenvalue weighted by Gasteiger charge is 2.49. The average molecular weight is 768 g/mol.